The summed E-state index contributed by atoms with van der Waals surface area (Å²) >= 11 is 5.38. The summed E-state index contributed by atoms with van der Waals surface area (Å²) in [6, 6.07) is 7.86. The largest absolute Gasteiger partial charge is 0.387 e. The van der Waals surface area contributed by atoms with Crippen LogP contribution in [-0.4, -0.2) is 29.2 Å². The first-order valence-electron chi connectivity index (χ1n) is 6.35. The van der Waals surface area contributed by atoms with E-state index in [1.54, 1.807) is 0 Å². The van der Waals surface area contributed by atoms with Crippen molar-refractivity contribution < 1.29 is 5.11 Å². The van der Waals surface area contributed by atoms with Crippen molar-refractivity contribution in [2.75, 3.05) is 19.3 Å². The molecule has 1 atom stereocenters. The highest BCUT2D eigenvalue weighted by Gasteiger charge is 2.35. The van der Waals surface area contributed by atoms with Gasteiger partial charge in [0.1, 0.15) is 0 Å². The van der Waals surface area contributed by atoms with Gasteiger partial charge in [0.2, 0.25) is 0 Å². The summed E-state index contributed by atoms with van der Waals surface area (Å²) in [6.07, 6.45) is 5.70. The number of aliphatic hydroxyl groups excluding tert-OH is 1. The van der Waals surface area contributed by atoms with E-state index in [0.29, 0.717) is 11.3 Å². The van der Waals surface area contributed by atoms with Crippen molar-refractivity contribution >= 4 is 27.7 Å². The zero-order valence-corrected chi connectivity index (χ0v) is 13.1. The first-order valence-corrected chi connectivity index (χ1v) is 8.36. The Bertz CT molecular complexity index is 390. The van der Waals surface area contributed by atoms with Gasteiger partial charge in [-0.15, -0.1) is 0 Å². The van der Waals surface area contributed by atoms with Gasteiger partial charge in [0.15, 0.2) is 0 Å². The number of aliphatic hydroxyl groups is 1. The lowest BCUT2D eigenvalue weighted by Gasteiger charge is -2.40. The average Bonchev–Trinajstić information content (AvgIpc) is 2.32. The van der Waals surface area contributed by atoms with E-state index in [2.05, 4.69) is 27.5 Å². The summed E-state index contributed by atoms with van der Waals surface area (Å²) in [5, 5.41) is 13.5. The Morgan fingerprint density at radius 1 is 1.50 bits per heavy atom. The molecule has 2 rings (SSSR count). The molecule has 2 N–H and O–H groups in total. The van der Waals surface area contributed by atoms with Gasteiger partial charge in [0, 0.05) is 22.3 Å². The van der Waals surface area contributed by atoms with E-state index in [-0.39, 0.29) is 0 Å². The van der Waals surface area contributed by atoms with Gasteiger partial charge in [-0.3, -0.25) is 0 Å². The van der Waals surface area contributed by atoms with E-state index >= 15 is 0 Å². The summed E-state index contributed by atoms with van der Waals surface area (Å²) in [7, 11) is 0. The Morgan fingerprint density at radius 2 is 2.28 bits per heavy atom. The molecule has 18 heavy (non-hydrogen) atoms. The van der Waals surface area contributed by atoms with Gasteiger partial charge in [0.25, 0.3) is 0 Å². The smallest absolute Gasteiger partial charge is 0.0914 e. The lowest BCUT2D eigenvalue weighted by molar-refractivity contribution is 0.171. The molecule has 0 aliphatic heterocycles. The Morgan fingerprint density at radius 3 is 2.83 bits per heavy atom. The van der Waals surface area contributed by atoms with Crippen molar-refractivity contribution in [2.24, 2.45) is 0 Å². The fourth-order valence-corrected chi connectivity index (χ4v) is 3.65. The highest BCUT2D eigenvalue weighted by Crippen LogP contribution is 2.42. The quantitative estimate of drug-likeness (QED) is 0.839. The Balaban J connectivity index is 1.79. The molecule has 0 saturated heterocycles. The molecule has 0 radical (unpaired) electrons. The minimum Gasteiger partial charge on any atom is -0.387 e. The Hall–Kier alpha value is -0.0300. The molecule has 0 heterocycles. The van der Waals surface area contributed by atoms with Crippen molar-refractivity contribution in [1.29, 1.82) is 0 Å². The number of hydrogen-bond acceptors (Lipinski definition) is 3. The van der Waals surface area contributed by atoms with E-state index in [0.717, 1.165) is 16.6 Å². The molecule has 100 valence electrons. The van der Waals surface area contributed by atoms with Gasteiger partial charge in [-0.1, -0.05) is 34.5 Å². The number of halogens is 1. The zero-order chi connectivity index (χ0) is 13.0. The zero-order valence-electron chi connectivity index (χ0n) is 10.7. The standard InChI is InChI=1S/C14H20BrNOS/c1-18-14(6-3-7-14)10-16-9-13(17)11-4-2-5-12(15)8-11/h2,4-5,8,13,16-17H,3,6-7,9-10H2,1H3. The first-order chi connectivity index (χ1) is 8.65. The molecule has 2 nitrogen and oxygen atoms in total. The van der Waals surface area contributed by atoms with Crippen LogP contribution >= 0.6 is 27.7 Å². The van der Waals surface area contributed by atoms with Gasteiger partial charge in [0.05, 0.1) is 6.10 Å². The van der Waals surface area contributed by atoms with Crippen LogP contribution < -0.4 is 5.32 Å². The highest BCUT2D eigenvalue weighted by molar-refractivity contribution is 9.10. The maximum atomic E-state index is 10.1. The predicted molar refractivity (Wildman–Crippen MR) is 82.1 cm³/mol. The van der Waals surface area contributed by atoms with E-state index in [1.165, 1.54) is 19.3 Å². The van der Waals surface area contributed by atoms with Crippen LogP contribution in [0.3, 0.4) is 0 Å². The summed E-state index contributed by atoms with van der Waals surface area (Å²) in [5.74, 6) is 0. The minimum atomic E-state index is -0.429. The van der Waals surface area contributed by atoms with Crippen molar-refractivity contribution in [2.45, 2.75) is 30.1 Å². The molecule has 0 amide bonds. The molecular formula is C14H20BrNOS. The third-order valence-corrected chi connectivity index (χ3v) is 5.63. The lowest BCUT2D eigenvalue weighted by Crippen LogP contribution is -2.44. The van der Waals surface area contributed by atoms with Gasteiger partial charge in [-0.05, 0) is 36.8 Å². The second-order valence-corrected chi connectivity index (χ2v) is 7.13. The van der Waals surface area contributed by atoms with Crippen LogP contribution in [0.15, 0.2) is 28.7 Å². The first kappa shape index (κ1) is 14.4. The van der Waals surface area contributed by atoms with Crippen LogP contribution in [0.5, 0.6) is 0 Å². The van der Waals surface area contributed by atoms with Crippen LogP contribution in [-0.2, 0) is 0 Å². The fourth-order valence-electron chi connectivity index (χ4n) is 2.29. The molecule has 0 bridgehead atoms. The number of rotatable bonds is 6. The average molecular weight is 330 g/mol. The monoisotopic (exact) mass is 329 g/mol. The fraction of sp³-hybridized carbons (Fsp3) is 0.571. The predicted octanol–water partition coefficient (Wildman–Crippen LogP) is 3.36. The molecule has 1 aromatic carbocycles. The molecule has 4 heteroatoms. The van der Waals surface area contributed by atoms with E-state index in [9.17, 15) is 5.11 Å². The number of benzene rings is 1. The summed E-state index contributed by atoms with van der Waals surface area (Å²) in [6.45, 7) is 1.62. The van der Waals surface area contributed by atoms with Gasteiger partial charge >= 0.3 is 0 Å². The van der Waals surface area contributed by atoms with Crippen molar-refractivity contribution in [3.8, 4) is 0 Å². The van der Waals surface area contributed by atoms with Crippen LogP contribution in [0.25, 0.3) is 0 Å². The number of hydrogen-bond donors (Lipinski definition) is 2. The van der Waals surface area contributed by atoms with Crippen molar-refractivity contribution in [3.63, 3.8) is 0 Å². The number of thioether (sulfide) groups is 1. The second-order valence-electron chi connectivity index (χ2n) is 4.94. The van der Waals surface area contributed by atoms with E-state index in [1.807, 2.05) is 36.0 Å². The van der Waals surface area contributed by atoms with Crippen LogP contribution in [0, 0.1) is 0 Å². The van der Waals surface area contributed by atoms with Crippen molar-refractivity contribution in [3.05, 3.63) is 34.3 Å². The lowest BCUT2D eigenvalue weighted by atomic mass is 9.84. The normalized spacial score (nSPS) is 19.3. The van der Waals surface area contributed by atoms with Gasteiger partial charge in [-0.25, -0.2) is 0 Å². The van der Waals surface area contributed by atoms with Crippen LogP contribution in [0.1, 0.15) is 30.9 Å². The molecule has 1 aliphatic carbocycles. The molecule has 1 aliphatic rings. The second kappa shape index (κ2) is 6.42. The van der Waals surface area contributed by atoms with Gasteiger partial charge in [-0.2, -0.15) is 11.8 Å². The Labute approximate surface area is 122 Å². The minimum absolute atomic E-state index is 0.428. The van der Waals surface area contributed by atoms with E-state index < -0.39 is 6.10 Å². The summed E-state index contributed by atoms with van der Waals surface area (Å²) < 4.78 is 1.44. The molecule has 1 unspecified atom stereocenters. The molecule has 0 aromatic heterocycles. The third kappa shape index (κ3) is 3.50. The van der Waals surface area contributed by atoms with Gasteiger partial charge < -0.3 is 10.4 Å². The topological polar surface area (TPSA) is 32.3 Å². The maximum Gasteiger partial charge on any atom is 0.0914 e. The SMILES string of the molecule is CSC1(CNCC(O)c2cccc(Br)c2)CCC1. The van der Waals surface area contributed by atoms with Crippen molar-refractivity contribution in [1.82, 2.24) is 5.32 Å². The molecule has 0 spiro atoms. The van der Waals surface area contributed by atoms with E-state index in [4.69, 9.17) is 0 Å². The summed E-state index contributed by atoms with van der Waals surface area (Å²) in [4.78, 5) is 0. The third-order valence-electron chi connectivity index (χ3n) is 3.72. The molecular weight excluding hydrogens is 310 g/mol. The number of nitrogens with one attached hydrogen (secondary N) is 1. The maximum absolute atomic E-state index is 10.1. The van der Waals surface area contributed by atoms with Crippen LogP contribution in [0.4, 0.5) is 0 Å². The molecule has 1 fully saturated rings. The highest BCUT2D eigenvalue weighted by atomic mass is 79.9. The van der Waals surface area contributed by atoms with Crippen LogP contribution in [0.2, 0.25) is 0 Å². The molecule has 1 aromatic rings. The summed E-state index contributed by atoms with van der Waals surface area (Å²) in [5.41, 5.74) is 0.962. The molecule has 1 saturated carbocycles. The Kier molecular flexibility index (Phi) is 5.13.